The molecule has 2 aromatic carbocycles. The van der Waals surface area contributed by atoms with Crippen molar-refractivity contribution >= 4 is 69.4 Å². The number of piperazine rings is 2. The van der Waals surface area contributed by atoms with Crippen LogP contribution in [0, 0.1) is 17.2 Å². The van der Waals surface area contributed by atoms with Crippen molar-refractivity contribution in [3.63, 3.8) is 0 Å². The lowest BCUT2D eigenvalue weighted by atomic mass is 9.96. The van der Waals surface area contributed by atoms with E-state index in [4.69, 9.17) is 11.6 Å². The molecule has 2 N–H and O–H groups in total. The number of fused-ring (bicyclic) bond motifs is 1. The van der Waals surface area contributed by atoms with Crippen LogP contribution in [0.1, 0.15) is 68.9 Å². The van der Waals surface area contributed by atoms with E-state index >= 15 is 0 Å². The van der Waals surface area contributed by atoms with E-state index in [-0.39, 0.29) is 48.9 Å². The molecule has 6 amide bonds. The molecule has 320 valence electrons. The van der Waals surface area contributed by atoms with Gasteiger partial charge in [0.2, 0.25) is 11.9 Å². The Kier molecular flexibility index (Phi) is 12.1. The summed E-state index contributed by atoms with van der Waals surface area (Å²) < 4.78 is 2.11. The highest BCUT2D eigenvalue weighted by atomic mass is 35.5. The number of rotatable bonds is 8. The van der Waals surface area contributed by atoms with Crippen LogP contribution < -0.4 is 25.3 Å². The molecule has 17 heteroatoms. The molecule has 6 heterocycles. The molecule has 2 aromatic heterocycles. The third kappa shape index (κ3) is 8.80. The quantitative estimate of drug-likeness (QED) is 0.222. The molecular formula is C44H53ClN12O4. The van der Waals surface area contributed by atoms with Crippen LogP contribution in [0.2, 0.25) is 5.02 Å². The highest BCUT2D eigenvalue weighted by Crippen LogP contribution is 2.34. The van der Waals surface area contributed by atoms with Gasteiger partial charge in [0.1, 0.15) is 6.07 Å². The molecule has 0 saturated carbocycles. The molecule has 0 bridgehead atoms. The highest BCUT2D eigenvalue weighted by molar-refractivity contribution is 6.32. The van der Waals surface area contributed by atoms with Crippen molar-refractivity contribution in [3.8, 4) is 6.07 Å². The van der Waals surface area contributed by atoms with E-state index in [2.05, 4.69) is 66.7 Å². The summed E-state index contributed by atoms with van der Waals surface area (Å²) in [7, 11) is 0. The monoisotopic (exact) mass is 848 g/mol. The standard InChI is InChI=1S/C44H53ClN12O4/c1-28(2)54-13-9-36-38(54)19-33(20-39(36)55-14-10-40(58)50-44(55)61)41(59)52-17-15-51(16-18-52)27-31-7-11-53(12-8-31)42-47-23-34(24-48-42)49-43(60)57-26-29(3)56(25-30(57)4)35-6-5-32(22-46)37(45)21-35/h5-6,9,13,19-21,23-24,28-31H,7-8,10-12,14-18,25-27H2,1-4H3,(H,49,60)(H,50,58,61)/t29-,30+/m0/s1. The number of nitriles is 1. The van der Waals surface area contributed by atoms with E-state index in [1.54, 1.807) is 29.4 Å². The van der Waals surface area contributed by atoms with Crippen LogP contribution in [-0.2, 0) is 4.79 Å². The van der Waals surface area contributed by atoms with E-state index in [1.165, 1.54) is 0 Å². The molecule has 4 saturated heterocycles. The first-order valence-electron chi connectivity index (χ1n) is 21.2. The maximum Gasteiger partial charge on any atom is 0.328 e. The van der Waals surface area contributed by atoms with Crippen molar-refractivity contribution in [3.05, 3.63) is 71.1 Å². The second-order valence-corrected chi connectivity index (χ2v) is 17.4. The van der Waals surface area contributed by atoms with Crippen LogP contribution in [0.3, 0.4) is 0 Å². The number of urea groups is 2. The minimum atomic E-state index is -0.467. The van der Waals surface area contributed by atoms with E-state index in [1.807, 2.05) is 47.2 Å². The first kappa shape index (κ1) is 41.8. The lowest BCUT2D eigenvalue weighted by Gasteiger charge is -2.45. The van der Waals surface area contributed by atoms with E-state index < -0.39 is 6.03 Å². The molecule has 16 nitrogen and oxygen atoms in total. The minimum absolute atomic E-state index is 0.0404. The van der Waals surface area contributed by atoms with Gasteiger partial charge in [-0.1, -0.05) is 11.6 Å². The molecule has 0 spiro atoms. The number of imide groups is 1. The van der Waals surface area contributed by atoms with Crippen molar-refractivity contribution in [1.29, 1.82) is 5.26 Å². The summed E-state index contributed by atoms with van der Waals surface area (Å²) in [4.78, 5) is 73.6. The Balaban J connectivity index is 0.805. The number of nitrogens with zero attached hydrogens (tertiary/aromatic N) is 10. The lowest BCUT2D eigenvalue weighted by Crippen LogP contribution is -2.59. The maximum absolute atomic E-state index is 14.0. The van der Waals surface area contributed by atoms with Crippen LogP contribution in [-0.4, -0.2) is 131 Å². The summed E-state index contributed by atoms with van der Waals surface area (Å²) in [6.07, 6.45) is 7.54. The average Bonchev–Trinajstić information content (AvgIpc) is 3.69. The van der Waals surface area contributed by atoms with Crippen LogP contribution in [0.5, 0.6) is 0 Å². The first-order valence-corrected chi connectivity index (χ1v) is 21.6. The van der Waals surface area contributed by atoms with Crippen molar-refractivity contribution in [2.75, 3.05) is 85.5 Å². The third-order valence-electron chi connectivity index (χ3n) is 12.6. The largest absolute Gasteiger partial charge is 0.365 e. The molecule has 4 aromatic rings. The number of aromatic nitrogens is 3. The number of carbonyl (C=O) groups excluding carboxylic acids is 4. The Morgan fingerprint density at radius 2 is 1.69 bits per heavy atom. The minimum Gasteiger partial charge on any atom is -0.365 e. The third-order valence-corrected chi connectivity index (χ3v) is 12.9. The van der Waals surface area contributed by atoms with Crippen LogP contribution >= 0.6 is 11.6 Å². The zero-order chi connectivity index (χ0) is 42.9. The van der Waals surface area contributed by atoms with Gasteiger partial charge in [-0.25, -0.2) is 19.6 Å². The number of halogens is 1. The number of anilines is 4. The summed E-state index contributed by atoms with van der Waals surface area (Å²) in [6.45, 7) is 15.1. The maximum atomic E-state index is 14.0. The predicted octanol–water partition coefficient (Wildman–Crippen LogP) is 5.79. The summed E-state index contributed by atoms with van der Waals surface area (Å²) in [5, 5.41) is 15.9. The second-order valence-electron chi connectivity index (χ2n) is 17.0. The van der Waals surface area contributed by atoms with E-state index in [0.717, 1.165) is 62.2 Å². The van der Waals surface area contributed by atoms with Gasteiger partial charge in [-0.05, 0) is 82.9 Å². The molecule has 8 rings (SSSR count). The number of hydrogen-bond donors (Lipinski definition) is 2. The Labute approximate surface area is 361 Å². The zero-order valence-corrected chi connectivity index (χ0v) is 35.9. The normalized spacial score (nSPS) is 20.6. The number of hydrogen-bond acceptors (Lipinski definition) is 10. The number of carbonyl (C=O) groups is 4. The van der Waals surface area contributed by atoms with Crippen molar-refractivity contribution in [2.45, 2.75) is 65.1 Å². The fourth-order valence-electron chi connectivity index (χ4n) is 9.12. The molecule has 4 aliphatic rings. The van der Waals surface area contributed by atoms with Gasteiger partial charge in [0.05, 0.1) is 39.9 Å². The van der Waals surface area contributed by atoms with Crippen LogP contribution in [0.25, 0.3) is 10.9 Å². The smallest absolute Gasteiger partial charge is 0.328 e. The van der Waals surface area contributed by atoms with E-state index in [9.17, 15) is 24.4 Å². The van der Waals surface area contributed by atoms with Crippen molar-refractivity contribution < 1.29 is 19.2 Å². The fourth-order valence-corrected chi connectivity index (χ4v) is 9.33. The first-order chi connectivity index (χ1) is 29.4. The highest BCUT2D eigenvalue weighted by Gasteiger charge is 2.34. The summed E-state index contributed by atoms with van der Waals surface area (Å²) >= 11 is 6.31. The fraction of sp³-hybridized carbons (Fsp3) is 0.477. The summed E-state index contributed by atoms with van der Waals surface area (Å²) in [6, 6.07) is 12.7. The van der Waals surface area contributed by atoms with Crippen molar-refractivity contribution in [1.82, 2.24) is 34.6 Å². The topological polar surface area (TPSA) is 166 Å². The van der Waals surface area contributed by atoms with Gasteiger partial charge in [0.15, 0.2) is 0 Å². The molecule has 61 heavy (non-hydrogen) atoms. The van der Waals surface area contributed by atoms with Gasteiger partial charge in [-0.2, -0.15) is 5.26 Å². The van der Waals surface area contributed by atoms with Crippen LogP contribution in [0.4, 0.5) is 32.6 Å². The molecule has 4 aliphatic heterocycles. The summed E-state index contributed by atoms with van der Waals surface area (Å²) in [5.41, 5.74) is 3.97. The van der Waals surface area contributed by atoms with Crippen LogP contribution in [0.15, 0.2) is 55.0 Å². The Morgan fingerprint density at radius 3 is 2.36 bits per heavy atom. The van der Waals surface area contributed by atoms with Gasteiger partial charge in [-0.3, -0.25) is 24.7 Å². The molecule has 4 fully saturated rings. The van der Waals surface area contributed by atoms with E-state index in [0.29, 0.717) is 65.6 Å². The molecular weight excluding hydrogens is 796 g/mol. The molecule has 0 radical (unpaired) electrons. The number of piperidine rings is 1. The molecule has 0 aliphatic carbocycles. The Bertz CT molecular complexity index is 2350. The Morgan fingerprint density at radius 1 is 0.951 bits per heavy atom. The number of amides is 6. The SMILES string of the molecule is CC(C)n1ccc2c(N3CCC(=O)NC3=O)cc(C(=O)N3CCN(CC4CCN(c5ncc(NC(=O)N6C[C@H](C)N(c7ccc(C#N)c(Cl)c7)C[C@H]6C)cn5)CC4)CC3)cc21. The molecule has 0 unspecified atom stereocenters. The van der Waals surface area contributed by atoms with Gasteiger partial charge < -0.3 is 29.5 Å². The average molecular weight is 849 g/mol. The predicted molar refractivity (Wildman–Crippen MR) is 235 cm³/mol. The van der Waals surface area contributed by atoms with Gasteiger partial charge in [-0.15, -0.1) is 0 Å². The lowest BCUT2D eigenvalue weighted by molar-refractivity contribution is -0.120. The second kappa shape index (κ2) is 17.6. The van der Waals surface area contributed by atoms with Crippen molar-refractivity contribution in [2.24, 2.45) is 5.92 Å². The van der Waals surface area contributed by atoms with Gasteiger partial charge in [0, 0.05) is 113 Å². The van der Waals surface area contributed by atoms with Gasteiger partial charge in [0.25, 0.3) is 5.91 Å². The number of benzene rings is 2. The van der Waals surface area contributed by atoms with Gasteiger partial charge >= 0.3 is 12.1 Å². The number of nitrogens with one attached hydrogen (secondary N) is 2. The Hall–Kier alpha value is -5.92. The molecule has 2 atom stereocenters. The zero-order valence-electron chi connectivity index (χ0n) is 35.2. The summed E-state index contributed by atoms with van der Waals surface area (Å²) in [5.74, 6) is 0.821.